The van der Waals surface area contributed by atoms with E-state index in [-0.39, 0.29) is 11.9 Å². The quantitative estimate of drug-likeness (QED) is 0.857. The van der Waals surface area contributed by atoms with Gasteiger partial charge in [-0.15, -0.1) is 0 Å². The van der Waals surface area contributed by atoms with E-state index in [1.807, 2.05) is 11.9 Å². The molecule has 6 nitrogen and oxygen atoms in total. The SMILES string of the molecule is CN(Cc1ncccn1)C1CCN(C(=O)c2cccc(C#N)c2)C1. The lowest BCUT2D eigenvalue weighted by Gasteiger charge is -2.24. The Morgan fingerprint density at radius 1 is 1.38 bits per heavy atom. The molecule has 1 amide bonds. The molecule has 1 unspecified atom stereocenters. The Morgan fingerprint density at radius 3 is 2.92 bits per heavy atom. The molecule has 0 radical (unpaired) electrons. The Morgan fingerprint density at radius 2 is 2.17 bits per heavy atom. The fraction of sp³-hybridized carbons (Fsp3) is 0.333. The monoisotopic (exact) mass is 321 g/mol. The van der Waals surface area contributed by atoms with Gasteiger partial charge in [-0.2, -0.15) is 5.26 Å². The van der Waals surface area contributed by atoms with Crippen LogP contribution in [0.3, 0.4) is 0 Å². The molecule has 0 aliphatic carbocycles. The number of aromatic nitrogens is 2. The third-order valence-electron chi connectivity index (χ3n) is 4.32. The molecule has 1 aromatic carbocycles. The zero-order valence-electron chi connectivity index (χ0n) is 13.6. The van der Waals surface area contributed by atoms with Crippen molar-refractivity contribution in [2.75, 3.05) is 20.1 Å². The third kappa shape index (κ3) is 3.58. The summed E-state index contributed by atoms with van der Waals surface area (Å²) in [7, 11) is 2.03. The second-order valence-electron chi connectivity index (χ2n) is 5.97. The first-order valence-electron chi connectivity index (χ1n) is 7.93. The summed E-state index contributed by atoms with van der Waals surface area (Å²) in [6.45, 7) is 2.07. The number of rotatable bonds is 4. The first-order chi connectivity index (χ1) is 11.7. The molecule has 24 heavy (non-hydrogen) atoms. The molecule has 1 fully saturated rings. The Balaban J connectivity index is 1.62. The normalized spacial score (nSPS) is 17.0. The molecular formula is C18H19N5O. The minimum absolute atomic E-state index is 0.0149. The number of likely N-dealkylation sites (N-methyl/N-ethyl adjacent to an activating group) is 1. The standard InChI is InChI=1S/C18H19N5O/c1-22(13-17-20-7-3-8-21-17)16-6-9-23(12-16)18(24)15-5-2-4-14(10-15)11-19/h2-5,7-8,10,16H,6,9,12-13H2,1H3. The molecule has 2 heterocycles. The number of nitriles is 1. The number of likely N-dealkylation sites (tertiary alicyclic amines) is 1. The van der Waals surface area contributed by atoms with E-state index in [4.69, 9.17) is 5.26 Å². The lowest BCUT2D eigenvalue weighted by atomic mass is 10.1. The second-order valence-corrected chi connectivity index (χ2v) is 5.97. The third-order valence-corrected chi connectivity index (χ3v) is 4.32. The van der Waals surface area contributed by atoms with Crippen LogP contribution in [0, 0.1) is 11.3 Å². The number of hydrogen-bond acceptors (Lipinski definition) is 5. The molecule has 2 aromatic rings. The van der Waals surface area contributed by atoms with Gasteiger partial charge >= 0.3 is 0 Å². The Hall–Kier alpha value is -2.78. The summed E-state index contributed by atoms with van der Waals surface area (Å²) in [6.07, 6.45) is 4.40. The second kappa shape index (κ2) is 7.20. The Kier molecular flexibility index (Phi) is 4.82. The highest BCUT2D eigenvalue weighted by Gasteiger charge is 2.29. The maximum atomic E-state index is 12.6. The largest absolute Gasteiger partial charge is 0.337 e. The van der Waals surface area contributed by atoms with Crippen molar-refractivity contribution in [3.63, 3.8) is 0 Å². The number of hydrogen-bond donors (Lipinski definition) is 0. The molecular weight excluding hydrogens is 302 g/mol. The van der Waals surface area contributed by atoms with E-state index in [2.05, 4.69) is 20.9 Å². The summed E-state index contributed by atoms with van der Waals surface area (Å²) < 4.78 is 0. The topological polar surface area (TPSA) is 73.1 Å². The average Bonchev–Trinajstić information content (AvgIpc) is 3.12. The summed E-state index contributed by atoms with van der Waals surface area (Å²) in [5.74, 6) is 0.769. The summed E-state index contributed by atoms with van der Waals surface area (Å²) in [4.78, 5) is 25.1. The number of amides is 1. The molecule has 3 rings (SSSR count). The van der Waals surface area contributed by atoms with Gasteiger partial charge in [0.2, 0.25) is 0 Å². The van der Waals surface area contributed by atoms with E-state index in [0.717, 1.165) is 18.8 Å². The van der Waals surface area contributed by atoms with E-state index in [1.165, 1.54) is 0 Å². The van der Waals surface area contributed by atoms with Crippen LogP contribution < -0.4 is 0 Å². The van der Waals surface area contributed by atoms with E-state index >= 15 is 0 Å². The van der Waals surface area contributed by atoms with Gasteiger partial charge in [-0.25, -0.2) is 9.97 Å². The van der Waals surface area contributed by atoms with Crippen LogP contribution in [0.15, 0.2) is 42.7 Å². The van der Waals surface area contributed by atoms with Gasteiger partial charge in [0.25, 0.3) is 5.91 Å². The van der Waals surface area contributed by atoms with Gasteiger partial charge in [-0.1, -0.05) is 6.07 Å². The summed E-state index contributed by atoms with van der Waals surface area (Å²) in [5.41, 5.74) is 1.08. The van der Waals surface area contributed by atoms with Gasteiger partial charge in [0, 0.05) is 37.1 Å². The van der Waals surface area contributed by atoms with Crippen molar-refractivity contribution in [2.45, 2.75) is 19.0 Å². The molecule has 0 N–H and O–H groups in total. The smallest absolute Gasteiger partial charge is 0.253 e. The van der Waals surface area contributed by atoms with Crippen molar-refractivity contribution < 1.29 is 4.79 Å². The van der Waals surface area contributed by atoms with Crippen LogP contribution in [0.5, 0.6) is 0 Å². The van der Waals surface area contributed by atoms with Crippen LogP contribution in [-0.4, -0.2) is 51.9 Å². The van der Waals surface area contributed by atoms with Crippen molar-refractivity contribution in [3.05, 3.63) is 59.7 Å². The highest BCUT2D eigenvalue weighted by molar-refractivity contribution is 5.94. The van der Waals surface area contributed by atoms with E-state index < -0.39 is 0 Å². The molecule has 0 spiro atoms. The molecule has 6 heteroatoms. The molecule has 0 saturated carbocycles. The molecule has 1 saturated heterocycles. The van der Waals surface area contributed by atoms with Gasteiger partial charge in [0.15, 0.2) is 0 Å². The number of carbonyl (C=O) groups is 1. The fourth-order valence-corrected chi connectivity index (χ4v) is 2.95. The van der Waals surface area contributed by atoms with E-state index in [0.29, 0.717) is 24.2 Å². The van der Waals surface area contributed by atoms with E-state index in [1.54, 1.807) is 42.7 Å². The van der Waals surface area contributed by atoms with Crippen LogP contribution in [-0.2, 0) is 6.54 Å². The molecule has 1 atom stereocenters. The molecule has 0 bridgehead atoms. The predicted molar refractivity (Wildman–Crippen MR) is 89.0 cm³/mol. The highest BCUT2D eigenvalue weighted by atomic mass is 16.2. The Bertz CT molecular complexity index is 756. The van der Waals surface area contributed by atoms with Crippen LogP contribution >= 0.6 is 0 Å². The van der Waals surface area contributed by atoms with Crippen molar-refractivity contribution >= 4 is 5.91 Å². The Labute approximate surface area is 141 Å². The fourth-order valence-electron chi connectivity index (χ4n) is 2.95. The predicted octanol–water partition coefficient (Wildman–Crippen LogP) is 1.69. The van der Waals surface area contributed by atoms with Crippen molar-refractivity contribution in [1.82, 2.24) is 19.8 Å². The maximum absolute atomic E-state index is 12.6. The molecule has 122 valence electrons. The minimum atomic E-state index is -0.0149. The molecule has 1 aromatic heterocycles. The van der Waals surface area contributed by atoms with Crippen molar-refractivity contribution in [1.29, 1.82) is 5.26 Å². The highest BCUT2D eigenvalue weighted by Crippen LogP contribution is 2.18. The minimum Gasteiger partial charge on any atom is -0.337 e. The molecule has 1 aliphatic heterocycles. The zero-order valence-corrected chi connectivity index (χ0v) is 13.6. The lowest BCUT2D eigenvalue weighted by Crippen LogP contribution is -2.36. The van der Waals surface area contributed by atoms with Gasteiger partial charge in [0.1, 0.15) is 5.82 Å². The molecule has 1 aliphatic rings. The van der Waals surface area contributed by atoms with Gasteiger partial charge < -0.3 is 4.90 Å². The summed E-state index contributed by atoms with van der Waals surface area (Å²) in [5, 5.41) is 8.97. The van der Waals surface area contributed by atoms with Gasteiger partial charge in [0.05, 0.1) is 18.2 Å². The van der Waals surface area contributed by atoms with Gasteiger partial charge in [-0.05, 0) is 37.7 Å². The van der Waals surface area contributed by atoms with Crippen molar-refractivity contribution in [3.8, 4) is 6.07 Å². The average molecular weight is 321 g/mol. The first-order valence-corrected chi connectivity index (χ1v) is 7.93. The van der Waals surface area contributed by atoms with Crippen LogP contribution in [0.2, 0.25) is 0 Å². The number of carbonyl (C=O) groups excluding carboxylic acids is 1. The zero-order chi connectivity index (χ0) is 16.9. The lowest BCUT2D eigenvalue weighted by molar-refractivity contribution is 0.0779. The summed E-state index contributed by atoms with van der Waals surface area (Å²) >= 11 is 0. The van der Waals surface area contributed by atoms with Crippen LogP contribution in [0.1, 0.15) is 28.2 Å². The van der Waals surface area contributed by atoms with Gasteiger partial charge in [-0.3, -0.25) is 9.69 Å². The number of benzene rings is 1. The van der Waals surface area contributed by atoms with Crippen molar-refractivity contribution in [2.24, 2.45) is 0 Å². The summed E-state index contributed by atoms with van der Waals surface area (Å²) in [6, 6.07) is 11.0. The first kappa shape index (κ1) is 16.1. The maximum Gasteiger partial charge on any atom is 0.253 e. The van der Waals surface area contributed by atoms with Crippen LogP contribution in [0.4, 0.5) is 0 Å². The van der Waals surface area contributed by atoms with Crippen LogP contribution in [0.25, 0.3) is 0 Å². The number of nitrogens with zero attached hydrogens (tertiary/aromatic N) is 5. The van der Waals surface area contributed by atoms with E-state index in [9.17, 15) is 4.79 Å².